The van der Waals surface area contributed by atoms with E-state index in [9.17, 15) is 13.2 Å². The van der Waals surface area contributed by atoms with Crippen LogP contribution in [-0.4, -0.2) is 88.1 Å². The summed E-state index contributed by atoms with van der Waals surface area (Å²) in [5, 5.41) is 2.93. The molecule has 8 nitrogen and oxygen atoms in total. The molecule has 0 aliphatic carbocycles. The van der Waals surface area contributed by atoms with Crippen LogP contribution in [0.2, 0.25) is 0 Å². The first kappa shape index (κ1) is 21.4. The van der Waals surface area contributed by atoms with Gasteiger partial charge in [0, 0.05) is 45.9 Å². The Morgan fingerprint density at radius 3 is 2.19 bits per heavy atom. The summed E-state index contributed by atoms with van der Waals surface area (Å²) >= 11 is 0. The van der Waals surface area contributed by atoms with Gasteiger partial charge < -0.3 is 19.7 Å². The summed E-state index contributed by atoms with van der Waals surface area (Å²) in [6.07, 6.45) is 5.51. The molecule has 152 valence electrons. The first-order valence-corrected chi connectivity index (χ1v) is 11.5. The number of likely N-dealkylation sites (tertiary alicyclic amines) is 1. The van der Waals surface area contributed by atoms with E-state index in [-0.39, 0.29) is 18.2 Å². The minimum atomic E-state index is -3.09. The van der Waals surface area contributed by atoms with E-state index in [1.807, 2.05) is 11.8 Å². The number of hydrogen-bond donors (Lipinski definition) is 1. The van der Waals surface area contributed by atoms with E-state index in [1.165, 1.54) is 10.6 Å². The molecule has 0 atom stereocenters. The minimum Gasteiger partial charge on any atom is -0.382 e. The van der Waals surface area contributed by atoms with Crippen molar-refractivity contribution in [2.24, 2.45) is 0 Å². The quantitative estimate of drug-likeness (QED) is 0.624. The van der Waals surface area contributed by atoms with Gasteiger partial charge in [0.2, 0.25) is 10.0 Å². The Labute approximate surface area is 157 Å². The zero-order valence-electron chi connectivity index (χ0n) is 16.0. The molecule has 0 radical (unpaired) electrons. The number of sulfonamides is 1. The maximum Gasteiger partial charge on any atom is 0.317 e. The lowest BCUT2D eigenvalue weighted by atomic mass is 10.1. The first-order chi connectivity index (χ1) is 12.4. The lowest BCUT2D eigenvalue weighted by Gasteiger charge is -2.36. The molecule has 0 bridgehead atoms. The molecule has 2 aliphatic rings. The van der Waals surface area contributed by atoms with Crippen molar-refractivity contribution in [3.05, 3.63) is 0 Å². The Morgan fingerprint density at radius 2 is 1.65 bits per heavy atom. The maximum atomic E-state index is 12.1. The summed E-state index contributed by atoms with van der Waals surface area (Å²) in [4.78, 5) is 14.0. The molecule has 0 aromatic heterocycles. The number of urea groups is 1. The Morgan fingerprint density at radius 1 is 1.08 bits per heavy atom. The van der Waals surface area contributed by atoms with Crippen molar-refractivity contribution in [2.45, 2.75) is 51.2 Å². The lowest BCUT2D eigenvalue weighted by molar-refractivity contribution is -0.0546. The van der Waals surface area contributed by atoms with Gasteiger partial charge in [-0.25, -0.2) is 17.5 Å². The predicted octanol–water partition coefficient (Wildman–Crippen LogP) is 1.03. The number of nitrogens with zero attached hydrogens (tertiary/aromatic N) is 2. The second kappa shape index (κ2) is 10.4. The van der Waals surface area contributed by atoms with Gasteiger partial charge in [0.15, 0.2) is 0 Å². The van der Waals surface area contributed by atoms with Gasteiger partial charge in [0.1, 0.15) is 0 Å². The molecule has 9 heteroatoms. The molecule has 2 amide bonds. The molecule has 2 heterocycles. The number of amides is 2. The van der Waals surface area contributed by atoms with E-state index in [0.717, 1.165) is 32.1 Å². The summed E-state index contributed by atoms with van der Waals surface area (Å²) in [6, 6.07) is -0.0126. The number of ether oxygens (including phenoxy) is 2. The number of carbonyl (C=O) groups is 1. The topological polar surface area (TPSA) is 88.2 Å². The average Bonchev–Trinajstić information content (AvgIpc) is 2.62. The molecule has 1 N–H and O–H groups in total. The highest BCUT2D eigenvalue weighted by Gasteiger charge is 2.29. The highest BCUT2D eigenvalue weighted by molar-refractivity contribution is 7.88. The SMILES string of the molecule is CCOCCCNC(=O)N1CCC(OC2CCN(S(C)(=O)=O)CC2)CC1. The number of rotatable bonds is 8. The fourth-order valence-corrected chi connectivity index (χ4v) is 4.27. The van der Waals surface area contributed by atoms with Gasteiger partial charge in [-0.15, -0.1) is 0 Å². The summed E-state index contributed by atoms with van der Waals surface area (Å²) in [5.74, 6) is 0. The molecule has 2 saturated heterocycles. The molecule has 0 aromatic carbocycles. The van der Waals surface area contributed by atoms with Gasteiger partial charge in [-0.2, -0.15) is 0 Å². The molecule has 2 rings (SSSR count). The van der Waals surface area contributed by atoms with Gasteiger partial charge in [-0.3, -0.25) is 0 Å². The number of nitrogens with one attached hydrogen (secondary N) is 1. The smallest absolute Gasteiger partial charge is 0.317 e. The van der Waals surface area contributed by atoms with E-state index in [1.54, 1.807) is 0 Å². The Hall–Kier alpha value is -0.900. The normalized spacial score (nSPS) is 21.1. The molecule has 2 fully saturated rings. The van der Waals surface area contributed by atoms with Crippen LogP contribution >= 0.6 is 0 Å². The third kappa shape index (κ3) is 7.02. The average molecular weight is 392 g/mol. The zero-order valence-corrected chi connectivity index (χ0v) is 16.8. The van der Waals surface area contributed by atoms with Crippen molar-refractivity contribution < 1.29 is 22.7 Å². The van der Waals surface area contributed by atoms with Crippen LogP contribution in [0.5, 0.6) is 0 Å². The number of piperidine rings is 2. The number of carbonyl (C=O) groups excluding carboxylic acids is 1. The largest absolute Gasteiger partial charge is 0.382 e. The molecule has 0 saturated carbocycles. The van der Waals surface area contributed by atoms with Crippen molar-refractivity contribution in [1.29, 1.82) is 0 Å². The molecular weight excluding hydrogens is 358 g/mol. The van der Waals surface area contributed by atoms with Crippen molar-refractivity contribution in [3.8, 4) is 0 Å². The zero-order chi connectivity index (χ0) is 19.0. The minimum absolute atomic E-state index is 0.0126. The molecule has 0 unspecified atom stereocenters. The van der Waals surface area contributed by atoms with Crippen molar-refractivity contribution in [2.75, 3.05) is 52.2 Å². The van der Waals surface area contributed by atoms with Crippen LogP contribution in [0, 0.1) is 0 Å². The molecule has 0 aromatic rings. The van der Waals surface area contributed by atoms with Gasteiger partial charge in [-0.1, -0.05) is 0 Å². The standard InChI is InChI=1S/C17H33N3O5S/c1-3-24-14-4-9-18-17(21)19-10-5-15(6-11-19)25-16-7-12-20(13-8-16)26(2,22)23/h15-16H,3-14H2,1-2H3,(H,18,21). The van der Waals surface area contributed by atoms with Crippen LogP contribution in [0.25, 0.3) is 0 Å². The van der Waals surface area contributed by atoms with E-state index >= 15 is 0 Å². The van der Waals surface area contributed by atoms with Gasteiger partial charge in [0.25, 0.3) is 0 Å². The fraction of sp³-hybridized carbons (Fsp3) is 0.941. The molecular formula is C17H33N3O5S. The van der Waals surface area contributed by atoms with Crippen LogP contribution in [-0.2, 0) is 19.5 Å². The van der Waals surface area contributed by atoms with E-state index < -0.39 is 10.0 Å². The van der Waals surface area contributed by atoms with Crippen LogP contribution < -0.4 is 5.32 Å². The Kier molecular flexibility index (Phi) is 8.59. The Balaban J connectivity index is 1.61. The molecule has 0 spiro atoms. The van der Waals surface area contributed by atoms with Crippen LogP contribution in [0.15, 0.2) is 0 Å². The van der Waals surface area contributed by atoms with Crippen molar-refractivity contribution in [1.82, 2.24) is 14.5 Å². The predicted molar refractivity (Wildman–Crippen MR) is 99.6 cm³/mol. The van der Waals surface area contributed by atoms with Crippen LogP contribution in [0.3, 0.4) is 0 Å². The maximum absolute atomic E-state index is 12.1. The Bertz CT molecular complexity index is 527. The monoisotopic (exact) mass is 391 g/mol. The van der Waals surface area contributed by atoms with E-state index in [2.05, 4.69) is 5.32 Å². The number of hydrogen-bond acceptors (Lipinski definition) is 5. The molecule has 2 aliphatic heterocycles. The summed E-state index contributed by atoms with van der Waals surface area (Å²) in [6.45, 7) is 6.43. The van der Waals surface area contributed by atoms with Crippen LogP contribution in [0.4, 0.5) is 4.79 Å². The van der Waals surface area contributed by atoms with E-state index in [0.29, 0.717) is 45.9 Å². The van der Waals surface area contributed by atoms with Gasteiger partial charge >= 0.3 is 6.03 Å². The fourth-order valence-electron chi connectivity index (χ4n) is 3.39. The van der Waals surface area contributed by atoms with Gasteiger partial charge in [-0.05, 0) is 39.0 Å². The van der Waals surface area contributed by atoms with Gasteiger partial charge in [0.05, 0.1) is 18.5 Å². The van der Waals surface area contributed by atoms with Crippen molar-refractivity contribution >= 4 is 16.1 Å². The lowest BCUT2D eigenvalue weighted by Crippen LogP contribution is -2.47. The van der Waals surface area contributed by atoms with Crippen molar-refractivity contribution in [3.63, 3.8) is 0 Å². The third-order valence-corrected chi connectivity index (χ3v) is 6.23. The summed E-state index contributed by atoms with van der Waals surface area (Å²) in [7, 11) is -3.09. The summed E-state index contributed by atoms with van der Waals surface area (Å²) < 4.78 is 36.0. The second-order valence-corrected chi connectivity index (χ2v) is 8.95. The third-order valence-electron chi connectivity index (χ3n) is 4.93. The summed E-state index contributed by atoms with van der Waals surface area (Å²) in [5.41, 5.74) is 0. The highest BCUT2D eigenvalue weighted by atomic mass is 32.2. The van der Waals surface area contributed by atoms with Crippen LogP contribution in [0.1, 0.15) is 39.0 Å². The second-order valence-electron chi connectivity index (χ2n) is 6.97. The molecule has 26 heavy (non-hydrogen) atoms. The first-order valence-electron chi connectivity index (χ1n) is 9.61. The highest BCUT2D eigenvalue weighted by Crippen LogP contribution is 2.22. The van der Waals surface area contributed by atoms with E-state index in [4.69, 9.17) is 9.47 Å².